The van der Waals surface area contributed by atoms with E-state index in [-0.39, 0.29) is 20.6 Å². The quantitative estimate of drug-likeness (QED) is 0.228. The molecule has 1 aliphatic rings. The monoisotopic (exact) mass is 523 g/mol. The molecule has 0 fully saturated rings. The molecule has 0 amide bonds. The zero-order valence-electron chi connectivity index (χ0n) is 19.3. The third-order valence-corrected chi connectivity index (χ3v) is 6.65. The number of halogens is 5. The molecule has 2 aromatic carbocycles. The molecule has 6 nitrogen and oxygen atoms in total. The maximum Gasteiger partial charge on any atom is 0.338 e. The highest BCUT2D eigenvalue weighted by Crippen LogP contribution is 2.31. The fourth-order valence-electron chi connectivity index (χ4n) is 3.84. The number of nitrogens with zero attached hydrogens (tertiary/aromatic N) is 3. The molecule has 188 valence electrons. The van der Waals surface area contributed by atoms with Gasteiger partial charge in [-0.15, -0.1) is 0 Å². The van der Waals surface area contributed by atoms with E-state index < -0.39 is 52.2 Å². The summed E-state index contributed by atoms with van der Waals surface area (Å²) in [6.45, 7) is 1.54. The first kappa shape index (κ1) is 25.3. The van der Waals surface area contributed by atoms with Crippen LogP contribution in [0.25, 0.3) is 6.08 Å². The van der Waals surface area contributed by atoms with Crippen molar-refractivity contribution in [1.82, 2.24) is 4.57 Å². The average molecular weight is 523 g/mol. The van der Waals surface area contributed by atoms with Crippen LogP contribution < -0.4 is 19.8 Å². The number of ether oxygens (including phenoxy) is 1. The van der Waals surface area contributed by atoms with Gasteiger partial charge in [0.2, 0.25) is 5.82 Å². The number of fused-ring (bicyclic) bond motifs is 1. The minimum absolute atomic E-state index is 0.0604. The molecular weight excluding hydrogens is 505 g/mol. The first-order valence-corrected chi connectivity index (χ1v) is 11.2. The molecule has 2 heterocycles. The van der Waals surface area contributed by atoms with Crippen molar-refractivity contribution in [3.63, 3.8) is 0 Å². The number of methoxy groups -OCH3 is 1. The summed E-state index contributed by atoms with van der Waals surface area (Å²) in [5.74, 6) is -11.4. The number of hydrogen-bond acceptors (Lipinski definition) is 6. The summed E-state index contributed by atoms with van der Waals surface area (Å²) in [7, 11) is 4.84. The largest absolute Gasteiger partial charge is 0.466 e. The summed E-state index contributed by atoms with van der Waals surface area (Å²) in [5, 5.41) is 0. The summed E-state index contributed by atoms with van der Waals surface area (Å²) >= 11 is 0.683. The third-order valence-electron chi connectivity index (χ3n) is 5.67. The van der Waals surface area contributed by atoms with Crippen molar-refractivity contribution >= 4 is 29.1 Å². The Labute approximate surface area is 204 Å². The molecule has 1 aromatic heterocycles. The molecule has 0 aliphatic carbocycles. The number of thiazole rings is 1. The molecule has 1 unspecified atom stereocenters. The summed E-state index contributed by atoms with van der Waals surface area (Å²) in [6, 6.07) is 5.92. The number of carbonyl (C=O) groups is 1. The van der Waals surface area contributed by atoms with E-state index in [1.165, 1.54) is 14.0 Å². The predicted molar refractivity (Wildman–Crippen MR) is 123 cm³/mol. The first-order valence-electron chi connectivity index (χ1n) is 10.4. The van der Waals surface area contributed by atoms with E-state index in [1.807, 2.05) is 19.0 Å². The van der Waals surface area contributed by atoms with Crippen molar-refractivity contribution in [2.24, 2.45) is 4.99 Å². The molecule has 1 aliphatic heterocycles. The second kappa shape index (κ2) is 9.34. The van der Waals surface area contributed by atoms with Crippen LogP contribution in [0.1, 0.15) is 24.1 Å². The summed E-state index contributed by atoms with van der Waals surface area (Å²) in [4.78, 5) is 32.2. The van der Waals surface area contributed by atoms with Crippen LogP contribution in [0.5, 0.6) is 0 Å². The van der Waals surface area contributed by atoms with Gasteiger partial charge in [0, 0.05) is 19.8 Å². The van der Waals surface area contributed by atoms with Crippen molar-refractivity contribution in [3.8, 4) is 0 Å². The van der Waals surface area contributed by atoms with E-state index in [4.69, 9.17) is 4.74 Å². The molecule has 0 saturated heterocycles. The van der Waals surface area contributed by atoms with Crippen LogP contribution in [-0.4, -0.2) is 31.7 Å². The van der Waals surface area contributed by atoms with Crippen LogP contribution in [0.2, 0.25) is 0 Å². The highest BCUT2D eigenvalue weighted by molar-refractivity contribution is 7.07. The lowest BCUT2D eigenvalue weighted by atomic mass is 9.95. The number of anilines is 1. The van der Waals surface area contributed by atoms with Gasteiger partial charge in [0.15, 0.2) is 28.1 Å². The average Bonchev–Trinajstić information content (AvgIpc) is 3.17. The fraction of sp³-hybridized carbons (Fsp3) is 0.208. The van der Waals surface area contributed by atoms with Crippen molar-refractivity contribution in [2.45, 2.75) is 13.0 Å². The predicted octanol–water partition coefficient (Wildman–Crippen LogP) is 3.17. The number of hydrogen-bond donors (Lipinski definition) is 0. The summed E-state index contributed by atoms with van der Waals surface area (Å²) < 4.78 is 75.1. The zero-order chi connectivity index (χ0) is 26.5. The Morgan fingerprint density at radius 1 is 1.03 bits per heavy atom. The third kappa shape index (κ3) is 4.00. The molecule has 3 aromatic rings. The number of rotatable bonds is 4. The Morgan fingerprint density at radius 2 is 1.58 bits per heavy atom. The molecule has 0 spiro atoms. The maximum absolute atomic E-state index is 14.3. The molecule has 0 saturated carbocycles. The van der Waals surface area contributed by atoms with Crippen LogP contribution in [0.15, 0.2) is 45.3 Å². The molecule has 12 heteroatoms. The Morgan fingerprint density at radius 3 is 2.11 bits per heavy atom. The van der Waals surface area contributed by atoms with Gasteiger partial charge in [-0.05, 0) is 30.7 Å². The highest BCUT2D eigenvalue weighted by atomic mass is 32.1. The summed E-state index contributed by atoms with van der Waals surface area (Å²) in [6.07, 6.45) is 0.587. The number of benzene rings is 2. The lowest BCUT2D eigenvalue weighted by Gasteiger charge is -2.25. The van der Waals surface area contributed by atoms with E-state index in [0.29, 0.717) is 23.0 Å². The molecule has 36 heavy (non-hydrogen) atoms. The van der Waals surface area contributed by atoms with Gasteiger partial charge in [-0.3, -0.25) is 9.36 Å². The molecule has 0 N–H and O–H groups in total. The lowest BCUT2D eigenvalue weighted by molar-refractivity contribution is -0.136. The van der Waals surface area contributed by atoms with Gasteiger partial charge in [0.25, 0.3) is 5.56 Å². The number of esters is 1. The molecule has 0 radical (unpaired) electrons. The van der Waals surface area contributed by atoms with Crippen LogP contribution in [0.3, 0.4) is 0 Å². The van der Waals surface area contributed by atoms with Crippen molar-refractivity contribution in [3.05, 3.63) is 95.4 Å². The number of carbonyl (C=O) groups excluding carboxylic acids is 1. The minimum Gasteiger partial charge on any atom is -0.466 e. The molecular formula is C24H18F5N3O3S. The van der Waals surface area contributed by atoms with E-state index in [9.17, 15) is 31.5 Å². The number of allylic oxidation sites excluding steroid dienone is 1. The van der Waals surface area contributed by atoms with E-state index >= 15 is 0 Å². The maximum atomic E-state index is 14.3. The van der Waals surface area contributed by atoms with Crippen LogP contribution >= 0.6 is 11.3 Å². The zero-order valence-corrected chi connectivity index (χ0v) is 20.1. The first-order chi connectivity index (χ1) is 17.0. The summed E-state index contributed by atoms with van der Waals surface area (Å²) in [5.41, 5.74) is -0.430. The van der Waals surface area contributed by atoms with Crippen LogP contribution in [0, 0.1) is 29.1 Å². The van der Waals surface area contributed by atoms with Gasteiger partial charge in [0.1, 0.15) is 0 Å². The van der Waals surface area contributed by atoms with E-state index in [1.54, 1.807) is 24.3 Å². The van der Waals surface area contributed by atoms with Gasteiger partial charge in [-0.25, -0.2) is 31.7 Å². The molecule has 1 atom stereocenters. The Hall–Kier alpha value is -3.80. The normalized spacial score (nSPS) is 15.6. The Kier molecular flexibility index (Phi) is 6.56. The van der Waals surface area contributed by atoms with Gasteiger partial charge >= 0.3 is 5.97 Å². The van der Waals surface area contributed by atoms with Gasteiger partial charge < -0.3 is 9.64 Å². The van der Waals surface area contributed by atoms with E-state index in [2.05, 4.69) is 4.99 Å². The standard InChI is InChI=1S/C24H18F5N3O3S/c1-10-15(23(34)35-4)21(11-5-7-12(8-6-11)31(2)3)32-22(33)14(36-24(32)30-10)9-13-16(25)18(27)20(29)19(28)17(13)26/h5-9,21H,1-4H3. The van der Waals surface area contributed by atoms with Crippen molar-refractivity contribution in [2.75, 3.05) is 26.1 Å². The topological polar surface area (TPSA) is 63.9 Å². The second-order valence-electron chi connectivity index (χ2n) is 8.04. The Balaban J connectivity index is 2.00. The van der Waals surface area contributed by atoms with E-state index in [0.717, 1.165) is 10.3 Å². The Bertz CT molecular complexity index is 1580. The SMILES string of the molecule is COC(=O)C1=C(C)N=c2sc(=Cc3c(F)c(F)c(F)c(F)c3F)c(=O)n2C1c1ccc(N(C)C)cc1. The van der Waals surface area contributed by atoms with Crippen LogP contribution in [0.4, 0.5) is 27.6 Å². The van der Waals surface area contributed by atoms with Gasteiger partial charge in [-0.2, -0.15) is 0 Å². The van der Waals surface area contributed by atoms with Crippen molar-refractivity contribution < 1.29 is 31.5 Å². The van der Waals surface area contributed by atoms with Crippen molar-refractivity contribution in [1.29, 1.82) is 0 Å². The smallest absolute Gasteiger partial charge is 0.338 e. The lowest BCUT2D eigenvalue weighted by Crippen LogP contribution is -2.39. The molecule has 4 rings (SSSR count). The van der Waals surface area contributed by atoms with Crippen LogP contribution in [-0.2, 0) is 9.53 Å². The second-order valence-corrected chi connectivity index (χ2v) is 9.05. The number of aromatic nitrogens is 1. The fourth-order valence-corrected chi connectivity index (χ4v) is 4.87. The van der Waals surface area contributed by atoms with Gasteiger partial charge in [-0.1, -0.05) is 23.5 Å². The minimum atomic E-state index is -2.30. The molecule has 0 bridgehead atoms. The highest BCUT2D eigenvalue weighted by Gasteiger charge is 2.33. The van der Waals surface area contributed by atoms with Gasteiger partial charge in [0.05, 0.1) is 34.5 Å².